The standard InChI is InChI=1S/C16H14ClN5O/c17-14-7-11(8-18)9-20-15(14)21-13-3-6-22(10-13)16(23)12-1-4-19-5-2-12/h1-2,4-5,7,9,13H,3,6,10H2,(H,20,21). The predicted octanol–water partition coefficient (Wildman–Crippen LogP) is 2.33. The van der Waals surface area contributed by atoms with Gasteiger partial charge in [0.25, 0.3) is 5.91 Å². The minimum Gasteiger partial charge on any atom is -0.364 e. The van der Waals surface area contributed by atoms with E-state index in [4.69, 9.17) is 16.9 Å². The first-order chi connectivity index (χ1) is 11.2. The maximum absolute atomic E-state index is 12.4. The molecule has 2 aromatic rings. The van der Waals surface area contributed by atoms with Gasteiger partial charge in [0.2, 0.25) is 0 Å². The molecule has 23 heavy (non-hydrogen) atoms. The van der Waals surface area contributed by atoms with Crippen LogP contribution >= 0.6 is 11.6 Å². The highest BCUT2D eigenvalue weighted by atomic mass is 35.5. The molecule has 0 spiro atoms. The molecule has 0 radical (unpaired) electrons. The number of halogens is 1. The highest BCUT2D eigenvalue weighted by molar-refractivity contribution is 6.33. The molecule has 0 aromatic carbocycles. The zero-order valence-electron chi connectivity index (χ0n) is 12.2. The van der Waals surface area contributed by atoms with Crippen molar-refractivity contribution in [2.45, 2.75) is 12.5 Å². The van der Waals surface area contributed by atoms with Gasteiger partial charge in [-0.1, -0.05) is 11.6 Å². The molecule has 0 aliphatic carbocycles. The largest absolute Gasteiger partial charge is 0.364 e. The Morgan fingerprint density at radius 2 is 2.22 bits per heavy atom. The monoisotopic (exact) mass is 327 g/mol. The number of rotatable bonds is 3. The number of nitrogens with one attached hydrogen (secondary N) is 1. The van der Waals surface area contributed by atoms with Crippen molar-refractivity contribution in [3.63, 3.8) is 0 Å². The number of likely N-dealkylation sites (tertiary alicyclic amines) is 1. The molecular formula is C16H14ClN5O. The van der Waals surface area contributed by atoms with E-state index in [2.05, 4.69) is 15.3 Å². The lowest BCUT2D eigenvalue weighted by molar-refractivity contribution is 0.0791. The van der Waals surface area contributed by atoms with Gasteiger partial charge in [0.15, 0.2) is 0 Å². The van der Waals surface area contributed by atoms with Gasteiger partial charge < -0.3 is 10.2 Å². The van der Waals surface area contributed by atoms with Crippen LogP contribution in [0.5, 0.6) is 0 Å². The summed E-state index contributed by atoms with van der Waals surface area (Å²) in [5, 5.41) is 12.5. The fraction of sp³-hybridized carbons (Fsp3) is 0.250. The minimum absolute atomic E-state index is 0.00409. The van der Waals surface area contributed by atoms with Crippen molar-refractivity contribution in [1.29, 1.82) is 5.26 Å². The van der Waals surface area contributed by atoms with E-state index in [1.165, 1.54) is 6.20 Å². The maximum atomic E-state index is 12.4. The number of carbonyl (C=O) groups is 1. The molecule has 1 unspecified atom stereocenters. The second-order valence-electron chi connectivity index (χ2n) is 5.28. The van der Waals surface area contributed by atoms with Crippen molar-refractivity contribution in [2.75, 3.05) is 18.4 Å². The summed E-state index contributed by atoms with van der Waals surface area (Å²) in [7, 11) is 0. The molecule has 7 heteroatoms. The number of hydrogen-bond acceptors (Lipinski definition) is 5. The smallest absolute Gasteiger partial charge is 0.254 e. The van der Waals surface area contributed by atoms with E-state index in [9.17, 15) is 4.79 Å². The average molecular weight is 328 g/mol. The van der Waals surface area contributed by atoms with Gasteiger partial charge in [-0.2, -0.15) is 5.26 Å². The molecule has 1 N–H and O–H groups in total. The molecule has 1 amide bonds. The van der Waals surface area contributed by atoms with Gasteiger partial charge in [0, 0.05) is 43.3 Å². The van der Waals surface area contributed by atoms with Gasteiger partial charge in [-0.25, -0.2) is 4.98 Å². The quantitative estimate of drug-likeness (QED) is 0.935. The molecule has 0 saturated carbocycles. The number of aromatic nitrogens is 2. The fourth-order valence-electron chi connectivity index (χ4n) is 2.54. The molecule has 3 heterocycles. The summed E-state index contributed by atoms with van der Waals surface area (Å²) in [5.74, 6) is 0.532. The van der Waals surface area contributed by atoms with Crippen LogP contribution in [-0.4, -0.2) is 39.9 Å². The van der Waals surface area contributed by atoms with Crippen molar-refractivity contribution in [2.24, 2.45) is 0 Å². The lowest BCUT2D eigenvalue weighted by Gasteiger charge is -2.17. The van der Waals surface area contributed by atoms with Gasteiger partial charge in [-0.05, 0) is 24.6 Å². The van der Waals surface area contributed by atoms with Crippen molar-refractivity contribution in [3.05, 3.63) is 52.9 Å². The highest BCUT2D eigenvalue weighted by Crippen LogP contribution is 2.23. The maximum Gasteiger partial charge on any atom is 0.254 e. The van der Waals surface area contributed by atoms with E-state index in [0.717, 1.165) is 6.42 Å². The molecule has 116 valence electrons. The van der Waals surface area contributed by atoms with Crippen LogP contribution in [-0.2, 0) is 0 Å². The summed E-state index contributed by atoms with van der Waals surface area (Å²) >= 11 is 6.12. The number of anilines is 1. The molecule has 2 aromatic heterocycles. The third-order valence-electron chi connectivity index (χ3n) is 3.71. The second-order valence-corrected chi connectivity index (χ2v) is 5.69. The van der Waals surface area contributed by atoms with Crippen molar-refractivity contribution in [3.8, 4) is 6.07 Å². The Morgan fingerprint density at radius 1 is 1.43 bits per heavy atom. The van der Waals surface area contributed by atoms with Crippen LogP contribution in [0.4, 0.5) is 5.82 Å². The van der Waals surface area contributed by atoms with Crippen molar-refractivity contribution >= 4 is 23.3 Å². The molecule has 1 saturated heterocycles. The first-order valence-electron chi connectivity index (χ1n) is 7.19. The second kappa shape index (κ2) is 6.63. The third-order valence-corrected chi connectivity index (χ3v) is 4.00. The van der Waals surface area contributed by atoms with Gasteiger partial charge in [-0.15, -0.1) is 0 Å². The SMILES string of the molecule is N#Cc1cnc(NC2CCN(C(=O)c3ccncc3)C2)c(Cl)c1. The Bertz CT molecular complexity index is 759. The average Bonchev–Trinajstić information content (AvgIpc) is 3.05. The van der Waals surface area contributed by atoms with E-state index < -0.39 is 0 Å². The number of carbonyl (C=O) groups excluding carboxylic acids is 1. The van der Waals surface area contributed by atoms with Gasteiger partial charge >= 0.3 is 0 Å². The van der Waals surface area contributed by atoms with Crippen LogP contribution in [0.15, 0.2) is 36.8 Å². The highest BCUT2D eigenvalue weighted by Gasteiger charge is 2.27. The summed E-state index contributed by atoms with van der Waals surface area (Å²) in [5.41, 5.74) is 1.05. The summed E-state index contributed by atoms with van der Waals surface area (Å²) in [6.45, 7) is 1.26. The molecule has 3 rings (SSSR count). The van der Waals surface area contributed by atoms with E-state index in [1.54, 1.807) is 35.5 Å². The first-order valence-corrected chi connectivity index (χ1v) is 7.56. The van der Waals surface area contributed by atoms with Crippen LogP contribution in [0.25, 0.3) is 0 Å². The van der Waals surface area contributed by atoms with Crippen LogP contribution in [0.1, 0.15) is 22.3 Å². The molecule has 0 bridgehead atoms. The zero-order valence-corrected chi connectivity index (χ0v) is 13.0. The zero-order chi connectivity index (χ0) is 16.2. The molecule has 1 aliphatic rings. The Hall–Kier alpha value is -2.65. The lowest BCUT2D eigenvalue weighted by Crippen LogP contribution is -2.31. The van der Waals surface area contributed by atoms with Crippen LogP contribution in [0.3, 0.4) is 0 Å². The molecule has 1 fully saturated rings. The summed E-state index contributed by atoms with van der Waals surface area (Å²) < 4.78 is 0. The Morgan fingerprint density at radius 3 is 2.91 bits per heavy atom. The number of nitriles is 1. The normalized spacial score (nSPS) is 16.9. The van der Waals surface area contributed by atoms with Gasteiger partial charge in [0.05, 0.1) is 10.6 Å². The van der Waals surface area contributed by atoms with E-state index in [0.29, 0.717) is 35.1 Å². The van der Waals surface area contributed by atoms with Gasteiger partial charge in [-0.3, -0.25) is 9.78 Å². The van der Waals surface area contributed by atoms with Crippen LogP contribution < -0.4 is 5.32 Å². The summed E-state index contributed by atoms with van der Waals surface area (Å²) in [4.78, 5) is 22.3. The third kappa shape index (κ3) is 3.41. The first kappa shape index (κ1) is 15.3. The summed E-state index contributed by atoms with van der Waals surface area (Å²) in [6, 6.07) is 7.07. The minimum atomic E-state index is -0.00409. The van der Waals surface area contributed by atoms with Crippen LogP contribution in [0, 0.1) is 11.3 Å². The van der Waals surface area contributed by atoms with E-state index >= 15 is 0 Å². The molecular weight excluding hydrogens is 314 g/mol. The van der Waals surface area contributed by atoms with E-state index in [-0.39, 0.29) is 11.9 Å². The predicted molar refractivity (Wildman–Crippen MR) is 86.1 cm³/mol. The summed E-state index contributed by atoms with van der Waals surface area (Å²) in [6.07, 6.45) is 5.51. The van der Waals surface area contributed by atoms with E-state index in [1.807, 2.05) is 6.07 Å². The Kier molecular flexibility index (Phi) is 4.40. The molecule has 6 nitrogen and oxygen atoms in total. The van der Waals surface area contributed by atoms with Crippen molar-refractivity contribution < 1.29 is 4.79 Å². The number of pyridine rings is 2. The lowest BCUT2D eigenvalue weighted by atomic mass is 10.2. The van der Waals surface area contributed by atoms with Gasteiger partial charge in [0.1, 0.15) is 11.9 Å². The topological polar surface area (TPSA) is 81.9 Å². The number of nitrogens with zero attached hydrogens (tertiary/aromatic N) is 4. The molecule has 1 aliphatic heterocycles. The Labute approximate surface area is 138 Å². The molecule has 1 atom stereocenters. The Balaban J connectivity index is 1.64. The number of hydrogen-bond donors (Lipinski definition) is 1. The number of amides is 1. The fourth-order valence-corrected chi connectivity index (χ4v) is 2.76. The van der Waals surface area contributed by atoms with Crippen LogP contribution in [0.2, 0.25) is 5.02 Å². The van der Waals surface area contributed by atoms with Crippen molar-refractivity contribution in [1.82, 2.24) is 14.9 Å².